The summed E-state index contributed by atoms with van der Waals surface area (Å²) in [4.78, 5) is 0. The zero-order valence-corrected chi connectivity index (χ0v) is 11.9. The highest BCUT2D eigenvalue weighted by atomic mass is 19.4. The van der Waals surface area contributed by atoms with Crippen LogP contribution in [-0.2, 0) is 0 Å². The van der Waals surface area contributed by atoms with E-state index in [0.29, 0.717) is 11.5 Å². The summed E-state index contributed by atoms with van der Waals surface area (Å²) in [5.41, 5.74) is 0.585. The fourth-order valence-corrected chi connectivity index (χ4v) is 1.63. The molecule has 0 aliphatic rings. The van der Waals surface area contributed by atoms with Gasteiger partial charge in [0, 0.05) is 11.8 Å². The molecule has 0 bridgehead atoms. The smallest absolute Gasteiger partial charge is 0.422 e. The van der Waals surface area contributed by atoms with Gasteiger partial charge in [-0.3, -0.25) is 0 Å². The number of hydrogen-bond donors (Lipinski definition) is 1. The molecule has 2 rings (SSSR count). The van der Waals surface area contributed by atoms with Gasteiger partial charge in [0.2, 0.25) is 0 Å². The maximum atomic E-state index is 12.3. The van der Waals surface area contributed by atoms with Gasteiger partial charge >= 0.3 is 6.18 Å². The summed E-state index contributed by atoms with van der Waals surface area (Å²) in [5, 5.41) is 18.9. The molecule has 0 spiro atoms. The number of anilines is 2. The molecule has 0 aliphatic carbocycles. The maximum absolute atomic E-state index is 12.3. The van der Waals surface area contributed by atoms with Gasteiger partial charge in [-0.05, 0) is 24.3 Å². The lowest BCUT2D eigenvalue weighted by molar-refractivity contribution is -0.153. The number of aromatic nitrogens is 2. The molecule has 0 amide bonds. The van der Waals surface area contributed by atoms with Crippen LogP contribution < -0.4 is 14.8 Å². The summed E-state index contributed by atoms with van der Waals surface area (Å²) in [6.45, 7) is -1.43. The molecular weight excluding hydrogens is 313 g/mol. The van der Waals surface area contributed by atoms with Crippen LogP contribution in [0.25, 0.3) is 0 Å². The molecular formula is C14H11F3N4O2. The van der Waals surface area contributed by atoms with Crippen LogP contribution >= 0.6 is 0 Å². The third-order valence-corrected chi connectivity index (χ3v) is 2.61. The van der Waals surface area contributed by atoms with Crippen molar-refractivity contribution in [2.45, 2.75) is 6.18 Å². The minimum atomic E-state index is -4.45. The van der Waals surface area contributed by atoms with Gasteiger partial charge in [-0.15, -0.1) is 10.2 Å². The van der Waals surface area contributed by atoms with Gasteiger partial charge in [-0.1, -0.05) is 0 Å². The second kappa shape index (κ2) is 6.83. The van der Waals surface area contributed by atoms with E-state index >= 15 is 0 Å². The molecule has 0 aliphatic heterocycles. The molecule has 23 heavy (non-hydrogen) atoms. The van der Waals surface area contributed by atoms with E-state index in [2.05, 4.69) is 15.5 Å². The molecule has 0 radical (unpaired) electrons. The van der Waals surface area contributed by atoms with Crippen molar-refractivity contribution in [1.29, 1.82) is 5.26 Å². The Morgan fingerprint density at radius 1 is 1.17 bits per heavy atom. The number of methoxy groups -OCH3 is 1. The molecule has 1 aromatic heterocycles. The third-order valence-electron chi connectivity index (χ3n) is 2.61. The van der Waals surface area contributed by atoms with Crippen LogP contribution in [0, 0.1) is 11.3 Å². The lowest BCUT2D eigenvalue weighted by atomic mass is 10.2. The second-order valence-corrected chi connectivity index (χ2v) is 4.31. The lowest BCUT2D eigenvalue weighted by Gasteiger charge is -2.14. The molecule has 1 N–H and O–H groups in total. The van der Waals surface area contributed by atoms with Crippen molar-refractivity contribution >= 4 is 11.5 Å². The van der Waals surface area contributed by atoms with E-state index in [1.54, 1.807) is 6.07 Å². The quantitative estimate of drug-likeness (QED) is 0.910. The molecule has 0 saturated heterocycles. The number of nitrogens with one attached hydrogen (secondary N) is 1. The predicted molar refractivity (Wildman–Crippen MR) is 74.6 cm³/mol. The van der Waals surface area contributed by atoms with Crippen LogP contribution in [0.5, 0.6) is 11.5 Å². The number of benzene rings is 1. The van der Waals surface area contributed by atoms with E-state index < -0.39 is 12.8 Å². The van der Waals surface area contributed by atoms with E-state index in [1.807, 2.05) is 6.07 Å². The highest BCUT2D eigenvalue weighted by Crippen LogP contribution is 2.32. The van der Waals surface area contributed by atoms with Gasteiger partial charge in [0.05, 0.1) is 7.11 Å². The van der Waals surface area contributed by atoms with Crippen LogP contribution in [0.3, 0.4) is 0 Å². The molecule has 6 nitrogen and oxygen atoms in total. The number of hydrogen-bond acceptors (Lipinski definition) is 6. The zero-order valence-electron chi connectivity index (χ0n) is 11.9. The van der Waals surface area contributed by atoms with Gasteiger partial charge in [-0.25, -0.2) is 0 Å². The first kappa shape index (κ1) is 16.4. The van der Waals surface area contributed by atoms with Crippen molar-refractivity contribution in [2.75, 3.05) is 19.0 Å². The highest BCUT2D eigenvalue weighted by molar-refractivity contribution is 5.61. The number of nitriles is 1. The molecule has 0 unspecified atom stereocenters. The average Bonchev–Trinajstić information content (AvgIpc) is 2.53. The summed E-state index contributed by atoms with van der Waals surface area (Å²) in [5.74, 6) is 0.443. The first-order valence-corrected chi connectivity index (χ1v) is 6.30. The van der Waals surface area contributed by atoms with Crippen LogP contribution in [0.4, 0.5) is 24.7 Å². The number of nitrogens with zero attached hydrogens (tertiary/aromatic N) is 3. The van der Waals surface area contributed by atoms with Gasteiger partial charge in [0.1, 0.15) is 6.07 Å². The Kier molecular flexibility index (Phi) is 4.85. The van der Waals surface area contributed by atoms with Crippen molar-refractivity contribution in [3.05, 3.63) is 36.0 Å². The first-order chi connectivity index (χ1) is 10.9. The molecule has 0 fully saturated rings. The van der Waals surface area contributed by atoms with Crippen LogP contribution in [-0.4, -0.2) is 30.1 Å². The first-order valence-electron chi connectivity index (χ1n) is 6.30. The molecule has 0 saturated carbocycles. The summed E-state index contributed by atoms with van der Waals surface area (Å²) in [6.07, 6.45) is -4.45. The Balaban J connectivity index is 2.17. The van der Waals surface area contributed by atoms with Crippen LogP contribution in [0.1, 0.15) is 5.69 Å². The number of rotatable bonds is 5. The molecule has 1 aromatic carbocycles. The summed E-state index contributed by atoms with van der Waals surface area (Å²) < 4.78 is 46.5. The Labute approximate surface area is 129 Å². The SMILES string of the molecule is COc1ccc(Nc2ccc(C#N)nn2)cc1OCC(F)(F)F. The lowest BCUT2D eigenvalue weighted by Crippen LogP contribution is -2.19. The van der Waals surface area contributed by atoms with Crippen molar-refractivity contribution in [1.82, 2.24) is 10.2 Å². The van der Waals surface area contributed by atoms with Gasteiger partial charge in [0.25, 0.3) is 0 Å². The standard InChI is InChI=1S/C14H11F3N4O2/c1-22-11-4-2-9(6-12(11)23-8-14(15,16)17)19-13-5-3-10(7-18)20-21-13/h2-6H,8H2,1H3,(H,19,21). The van der Waals surface area contributed by atoms with Crippen molar-refractivity contribution in [3.63, 3.8) is 0 Å². The summed E-state index contributed by atoms with van der Waals surface area (Å²) in [6, 6.07) is 9.20. The van der Waals surface area contributed by atoms with Crippen molar-refractivity contribution in [3.8, 4) is 17.6 Å². The Bertz CT molecular complexity index is 711. The normalized spacial score (nSPS) is 10.7. The summed E-state index contributed by atoms with van der Waals surface area (Å²) >= 11 is 0. The molecule has 1 heterocycles. The van der Waals surface area contributed by atoms with Gasteiger partial charge in [-0.2, -0.15) is 18.4 Å². The Hall–Kier alpha value is -3.02. The van der Waals surface area contributed by atoms with Crippen molar-refractivity contribution in [2.24, 2.45) is 0 Å². The topological polar surface area (TPSA) is 80.1 Å². The fourth-order valence-electron chi connectivity index (χ4n) is 1.63. The molecule has 0 atom stereocenters. The van der Waals surface area contributed by atoms with E-state index in [9.17, 15) is 13.2 Å². The van der Waals surface area contributed by atoms with Gasteiger partial charge in [0.15, 0.2) is 29.6 Å². The minimum absolute atomic E-state index is 0.0589. The van der Waals surface area contributed by atoms with Crippen LogP contribution in [0.2, 0.25) is 0 Å². The zero-order chi connectivity index (χ0) is 16.9. The van der Waals surface area contributed by atoms with E-state index in [4.69, 9.17) is 14.7 Å². The number of halogens is 3. The monoisotopic (exact) mass is 324 g/mol. The fraction of sp³-hybridized carbons (Fsp3) is 0.214. The summed E-state index contributed by atoms with van der Waals surface area (Å²) in [7, 11) is 1.33. The van der Waals surface area contributed by atoms with Crippen LogP contribution in [0.15, 0.2) is 30.3 Å². The van der Waals surface area contributed by atoms with E-state index in [-0.39, 0.29) is 17.2 Å². The van der Waals surface area contributed by atoms with Gasteiger partial charge < -0.3 is 14.8 Å². The maximum Gasteiger partial charge on any atom is 0.422 e. The molecule has 2 aromatic rings. The minimum Gasteiger partial charge on any atom is -0.493 e. The van der Waals surface area contributed by atoms with E-state index in [1.165, 1.54) is 31.4 Å². The van der Waals surface area contributed by atoms with E-state index in [0.717, 1.165) is 0 Å². The largest absolute Gasteiger partial charge is 0.493 e. The molecule has 9 heteroatoms. The second-order valence-electron chi connectivity index (χ2n) is 4.31. The predicted octanol–water partition coefficient (Wildman–Crippen LogP) is 3.04. The average molecular weight is 324 g/mol. The number of alkyl halides is 3. The van der Waals surface area contributed by atoms with Crippen molar-refractivity contribution < 1.29 is 22.6 Å². The third kappa shape index (κ3) is 4.74. The Morgan fingerprint density at radius 2 is 1.96 bits per heavy atom. The molecule has 120 valence electrons. The highest BCUT2D eigenvalue weighted by Gasteiger charge is 2.29. The Morgan fingerprint density at radius 3 is 2.52 bits per heavy atom. The number of ether oxygens (including phenoxy) is 2.